The lowest BCUT2D eigenvalue weighted by Crippen LogP contribution is -2.51. The zero-order valence-corrected chi connectivity index (χ0v) is 18.7. The minimum atomic E-state index is -0.740. The normalized spacial score (nSPS) is 16.6. The summed E-state index contributed by atoms with van der Waals surface area (Å²) in [6, 6.07) is 10.4. The Morgan fingerprint density at radius 3 is 2.50 bits per heavy atom. The summed E-state index contributed by atoms with van der Waals surface area (Å²) in [6.45, 7) is 4.53. The van der Waals surface area contributed by atoms with Gasteiger partial charge in [-0.05, 0) is 30.5 Å². The molecule has 2 aromatic carbocycles. The van der Waals surface area contributed by atoms with Gasteiger partial charge in [0.05, 0.1) is 31.0 Å². The molecule has 2 aromatic rings. The number of amides is 3. The number of hydrogen-bond donors (Lipinski definition) is 1. The number of benzene rings is 2. The van der Waals surface area contributed by atoms with E-state index in [1.165, 1.54) is 19.1 Å². The Hall–Kier alpha value is -3.55. The third kappa shape index (κ3) is 3.45. The van der Waals surface area contributed by atoms with E-state index in [-0.39, 0.29) is 24.3 Å². The van der Waals surface area contributed by atoms with E-state index in [4.69, 9.17) is 9.47 Å². The second-order valence-corrected chi connectivity index (χ2v) is 8.30. The average molecular weight is 437 g/mol. The number of nitrogens with one attached hydrogen (secondary N) is 1. The molecular formula is C24H27N3O5. The topological polar surface area (TPSA) is 88.2 Å². The number of anilines is 1. The van der Waals surface area contributed by atoms with Crippen LogP contribution in [0.1, 0.15) is 52.7 Å². The third-order valence-corrected chi connectivity index (χ3v) is 5.84. The highest BCUT2D eigenvalue weighted by Gasteiger charge is 2.50. The molecular weight excluding hydrogens is 410 g/mol. The molecule has 3 amide bonds. The minimum absolute atomic E-state index is 0.159. The number of para-hydroxylation sites is 1. The molecule has 2 aliphatic heterocycles. The summed E-state index contributed by atoms with van der Waals surface area (Å²) in [4.78, 5) is 42.7. The van der Waals surface area contributed by atoms with Crippen LogP contribution >= 0.6 is 0 Å². The summed E-state index contributed by atoms with van der Waals surface area (Å²) >= 11 is 0. The lowest BCUT2D eigenvalue weighted by atomic mass is 10.0. The van der Waals surface area contributed by atoms with E-state index in [0.29, 0.717) is 46.3 Å². The van der Waals surface area contributed by atoms with E-state index in [9.17, 15) is 14.4 Å². The molecule has 4 rings (SSSR count). The van der Waals surface area contributed by atoms with Crippen molar-refractivity contribution in [1.82, 2.24) is 10.2 Å². The maximum absolute atomic E-state index is 13.6. The molecule has 0 unspecified atom stereocenters. The number of ether oxygens (including phenoxy) is 2. The summed E-state index contributed by atoms with van der Waals surface area (Å²) in [5, 5.41) is 2.88. The largest absolute Gasteiger partial charge is 0.493 e. The number of hydrogen-bond acceptors (Lipinski definition) is 5. The molecule has 0 spiro atoms. The van der Waals surface area contributed by atoms with Crippen LogP contribution in [0.5, 0.6) is 11.5 Å². The molecule has 0 fully saturated rings. The van der Waals surface area contributed by atoms with Gasteiger partial charge in [0.25, 0.3) is 11.8 Å². The Bertz CT molecular complexity index is 1080. The van der Waals surface area contributed by atoms with Crippen molar-refractivity contribution in [2.75, 3.05) is 32.2 Å². The van der Waals surface area contributed by atoms with Crippen LogP contribution in [0.2, 0.25) is 0 Å². The summed E-state index contributed by atoms with van der Waals surface area (Å²) in [5.74, 6) is 0.339. The van der Waals surface area contributed by atoms with Gasteiger partial charge < -0.3 is 19.7 Å². The number of rotatable bonds is 7. The zero-order valence-electron chi connectivity index (χ0n) is 18.7. The van der Waals surface area contributed by atoms with E-state index >= 15 is 0 Å². The van der Waals surface area contributed by atoms with Crippen LogP contribution in [0, 0.1) is 5.92 Å². The number of fused-ring (bicyclic) bond motifs is 5. The lowest BCUT2D eigenvalue weighted by Gasteiger charge is -2.40. The van der Waals surface area contributed by atoms with Crippen molar-refractivity contribution in [3.63, 3.8) is 0 Å². The maximum Gasteiger partial charge on any atom is 0.264 e. The lowest BCUT2D eigenvalue weighted by molar-refractivity contribution is -0.122. The summed E-state index contributed by atoms with van der Waals surface area (Å²) in [5.41, 5.74) is 1.84. The Morgan fingerprint density at radius 1 is 1.06 bits per heavy atom. The molecule has 0 saturated carbocycles. The van der Waals surface area contributed by atoms with Crippen LogP contribution in [-0.4, -0.2) is 49.9 Å². The van der Waals surface area contributed by atoms with Crippen LogP contribution in [0.3, 0.4) is 0 Å². The predicted octanol–water partition coefficient (Wildman–Crippen LogP) is 2.98. The van der Waals surface area contributed by atoms with Gasteiger partial charge >= 0.3 is 0 Å². The highest BCUT2D eigenvalue weighted by Crippen LogP contribution is 2.49. The quantitative estimate of drug-likeness (QED) is 0.720. The summed E-state index contributed by atoms with van der Waals surface area (Å²) in [7, 11) is 2.98. The molecule has 2 aliphatic rings. The van der Waals surface area contributed by atoms with Crippen molar-refractivity contribution < 1.29 is 23.9 Å². The van der Waals surface area contributed by atoms with Crippen molar-refractivity contribution in [2.45, 2.75) is 26.4 Å². The van der Waals surface area contributed by atoms with E-state index in [1.807, 2.05) is 0 Å². The number of carbonyl (C=O) groups is 3. The Morgan fingerprint density at radius 2 is 1.81 bits per heavy atom. The number of nitrogens with zero attached hydrogens (tertiary/aromatic N) is 2. The van der Waals surface area contributed by atoms with E-state index in [2.05, 4.69) is 19.2 Å². The molecule has 0 aromatic heterocycles. The van der Waals surface area contributed by atoms with E-state index in [0.717, 1.165) is 6.42 Å². The zero-order chi connectivity index (χ0) is 23.0. The first-order chi connectivity index (χ1) is 15.4. The van der Waals surface area contributed by atoms with Crippen molar-refractivity contribution in [1.29, 1.82) is 0 Å². The van der Waals surface area contributed by atoms with E-state index < -0.39 is 6.17 Å². The van der Waals surface area contributed by atoms with Crippen LogP contribution in [-0.2, 0) is 4.79 Å². The second kappa shape index (κ2) is 8.53. The van der Waals surface area contributed by atoms with Gasteiger partial charge in [0.2, 0.25) is 5.91 Å². The first kappa shape index (κ1) is 21.7. The molecule has 0 radical (unpaired) electrons. The molecule has 8 heteroatoms. The van der Waals surface area contributed by atoms with Crippen LogP contribution in [0.25, 0.3) is 0 Å². The molecule has 2 heterocycles. The first-order valence-corrected chi connectivity index (χ1v) is 10.6. The standard InChI is InChI=1S/C24H27N3O5/c1-14(2)11-12-25-19(28)13-26-22-16-9-10-18(31-3)21(32-4)20(16)24(30)27(22)17-8-6-5-7-15(17)23(26)29/h5-10,14,22H,11-13H2,1-4H3,(H,25,28)/t22-/m0/s1. The SMILES string of the molecule is COc1ccc2c(c1OC)C(=O)N1c3ccccc3C(=O)N(CC(=O)NCCC(C)C)[C@H]21. The Balaban J connectivity index is 1.77. The fourth-order valence-corrected chi connectivity index (χ4v) is 4.30. The molecule has 0 bridgehead atoms. The third-order valence-electron chi connectivity index (χ3n) is 5.84. The molecule has 32 heavy (non-hydrogen) atoms. The van der Waals surface area contributed by atoms with Gasteiger partial charge in [0.15, 0.2) is 11.5 Å². The molecule has 0 saturated heterocycles. The van der Waals surface area contributed by atoms with Crippen LogP contribution in [0.15, 0.2) is 36.4 Å². The van der Waals surface area contributed by atoms with Crippen LogP contribution < -0.4 is 19.7 Å². The molecule has 8 nitrogen and oxygen atoms in total. The van der Waals surface area contributed by atoms with E-state index in [1.54, 1.807) is 41.3 Å². The molecule has 1 atom stereocenters. The van der Waals surface area contributed by atoms with Gasteiger partial charge in [-0.2, -0.15) is 0 Å². The predicted molar refractivity (Wildman–Crippen MR) is 119 cm³/mol. The van der Waals surface area contributed by atoms with Gasteiger partial charge in [-0.3, -0.25) is 19.3 Å². The fourth-order valence-electron chi connectivity index (χ4n) is 4.30. The Kier molecular flexibility index (Phi) is 5.78. The monoisotopic (exact) mass is 437 g/mol. The summed E-state index contributed by atoms with van der Waals surface area (Å²) < 4.78 is 10.9. The van der Waals surface area contributed by atoms with Crippen molar-refractivity contribution in [3.8, 4) is 11.5 Å². The maximum atomic E-state index is 13.6. The highest BCUT2D eigenvalue weighted by atomic mass is 16.5. The molecule has 168 valence electrons. The van der Waals surface area contributed by atoms with Crippen molar-refractivity contribution >= 4 is 23.4 Å². The number of carbonyl (C=O) groups excluding carboxylic acids is 3. The number of methoxy groups -OCH3 is 2. The van der Waals surface area contributed by atoms with Crippen LogP contribution in [0.4, 0.5) is 5.69 Å². The van der Waals surface area contributed by atoms with Crippen molar-refractivity contribution in [3.05, 3.63) is 53.1 Å². The fraction of sp³-hybridized carbons (Fsp3) is 0.375. The highest BCUT2D eigenvalue weighted by molar-refractivity contribution is 6.18. The van der Waals surface area contributed by atoms with Gasteiger partial charge in [0.1, 0.15) is 12.7 Å². The average Bonchev–Trinajstić information content (AvgIpc) is 3.08. The molecule has 1 N–H and O–H groups in total. The van der Waals surface area contributed by atoms with Gasteiger partial charge in [-0.1, -0.05) is 32.0 Å². The smallest absolute Gasteiger partial charge is 0.264 e. The van der Waals surface area contributed by atoms with Gasteiger partial charge in [0, 0.05) is 12.1 Å². The minimum Gasteiger partial charge on any atom is -0.493 e. The summed E-state index contributed by atoms with van der Waals surface area (Å²) in [6.07, 6.45) is 0.103. The molecule has 0 aliphatic carbocycles. The Labute approximate surface area is 187 Å². The van der Waals surface area contributed by atoms with Gasteiger partial charge in [-0.15, -0.1) is 0 Å². The van der Waals surface area contributed by atoms with Gasteiger partial charge in [-0.25, -0.2) is 0 Å². The van der Waals surface area contributed by atoms with Crippen molar-refractivity contribution in [2.24, 2.45) is 5.92 Å². The first-order valence-electron chi connectivity index (χ1n) is 10.6. The second-order valence-electron chi connectivity index (χ2n) is 8.30.